The van der Waals surface area contributed by atoms with E-state index < -0.39 is 6.10 Å². The highest BCUT2D eigenvalue weighted by Gasteiger charge is 2.21. The Balaban J connectivity index is 1.62. The highest BCUT2D eigenvalue weighted by atomic mass is 35.5. The van der Waals surface area contributed by atoms with Gasteiger partial charge in [0.05, 0.1) is 6.54 Å². The molecule has 1 heterocycles. The van der Waals surface area contributed by atoms with Gasteiger partial charge >= 0.3 is 0 Å². The molecule has 0 aliphatic rings. The summed E-state index contributed by atoms with van der Waals surface area (Å²) in [5, 5.41) is 4.54. The molecule has 6 nitrogen and oxygen atoms in total. The number of ether oxygens (including phenoxy) is 1. The molecule has 0 saturated heterocycles. The fraction of sp³-hybridized carbons (Fsp3) is 0.250. The minimum Gasteiger partial charge on any atom is -0.481 e. The summed E-state index contributed by atoms with van der Waals surface area (Å²) in [7, 11) is 1.66. The third-order valence-corrected chi connectivity index (χ3v) is 4.18. The molecule has 2 aromatic carbocycles. The van der Waals surface area contributed by atoms with Crippen molar-refractivity contribution >= 4 is 17.5 Å². The lowest BCUT2D eigenvalue weighted by atomic mass is 10.1. The zero-order valence-electron chi connectivity index (χ0n) is 15.3. The van der Waals surface area contributed by atoms with Gasteiger partial charge < -0.3 is 14.2 Å². The maximum absolute atomic E-state index is 12.5. The third kappa shape index (κ3) is 4.86. The van der Waals surface area contributed by atoms with Gasteiger partial charge in [-0.2, -0.15) is 4.98 Å². The number of benzene rings is 2. The van der Waals surface area contributed by atoms with E-state index in [2.05, 4.69) is 10.1 Å². The van der Waals surface area contributed by atoms with E-state index in [4.69, 9.17) is 20.9 Å². The Labute approximate surface area is 162 Å². The highest BCUT2D eigenvalue weighted by Crippen LogP contribution is 2.20. The predicted octanol–water partition coefficient (Wildman–Crippen LogP) is 4.12. The van der Waals surface area contributed by atoms with E-state index in [9.17, 15) is 4.79 Å². The molecule has 0 fully saturated rings. The normalized spacial score (nSPS) is 11.9. The summed E-state index contributed by atoms with van der Waals surface area (Å²) >= 11 is 5.94. The Bertz CT molecular complexity index is 941. The van der Waals surface area contributed by atoms with Crippen LogP contribution in [0.25, 0.3) is 11.4 Å². The zero-order valence-corrected chi connectivity index (χ0v) is 16.1. The Morgan fingerprint density at radius 3 is 2.78 bits per heavy atom. The van der Waals surface area contributed by atoms with Crippen LogP contribution >= 0.6 is 11.6 Å². The lowest BCUT2D eigenvalue weighted by Crippen LogP contribution is -2.37. The Hall–Kier alpha value is -2.86. The molecule has 0 radical (unpaired) electrons. The molecule has 3 rings (SSSR count). The Morgan fingerprint density at radius 2 is 2.04 bits per heavy atom. The molecule has 3 aromatic rings. The molecule has 1 aromatic heterocycles. The van der Waals surface area contributed by atoms with E-state index in [-0.39, 0.29) is 12.5 Å². The number of amides is 1. The first-order chi connectivity index (χ1) is 12.9. The molecule has 0 N–H and O–H groups in total. The zero-order chi connectivity index (χ0) is 19.4. The van der Waals surface area contributed by atoms with Crippen LogP contribution < -0.4 is 4.74 Å². The van der Waals surface area contributed by atoms with Crippen LogP contribution in [0.2, 0.25) is 5.02 Å². The number of carbonyl (C=O) groups is 1. The first-order valence-corrected chi connectivity index (χ1v) is 8.87. The second kappa shape index (κ2) is 8.22. The van der Waals surface area contributed by atoms with Gasteiger partial charge in [-0.05, 0) is 38.1 Å². The molecule has 0 spiro atoms. The summed E-state index contributed by atoms with van der Waals surface area (Å²) in [6.45, 7) is 3.88. The van der Waals surface area contributed by atoms with Crippen LogP contribution in [0.5, 0.6) is 5.75 Å². The van der Waals surface area contributed by atoms with Crippen molar-refractivity contribution in [3.05, 3.63) is 65.0 Å². The van der Waals surface area contributed by atoms with Crippen LogP contribution in [0.15, 0.2) is 53.1 Å². The first-order valence-electron chi connectivity index (χ1n) is 8.49. The molecule has 27 heavy (non-hydrogen) atoms. The van der Waals surface area contributed by atoms with E-state index in [1.54, 1.807) is 38.2 Å². The SMILES string of the molecule is Cc1cccc(-c2noc(CN(C)C(=O)[C@@H](C)Oc3cccc(Cl)c3)n2)c1. The van der Waals surface area contributed by atoms with Crippen molar-refractivity contribution in [1.29, 1.82) is 0 Å². The summed E-state index contributed by atoms with van der Waals surface area (Å²) < 4.78 is 10.9. The molecular weight excluding hydrogens is 366 g/mol. The van der Waals surface area contributed by atoms with Crippen molar-refractivity contribution in [3.8, 4) is 17.1 Å². The molecule has 0 aliphatic heterocycles. The highest BCUT2D eigenvalue weighted by molar-refractivity contribution is 6.30. The lowest BCUT2D eigenvalue weighted by molar-refractivity contribution is -0.137. The number of aromatic nitrogens is 2. The van der Waals surface area contributed by atoms with Crippen molar-refractivity contribution in [2.45, 2.75) is 26.5 Å². The van der Waals surface area contributed by atoms with E-state index in [0.29, 0.717) is 22.5 Å². The fourth-order valence-electron chi connectivity index (χ4n) is 2.61. The maximum atomic E-state index is 12.5. The Kier molecular flexibility index (Phi) is 5.76. The largest absolute Gasteiger partial charge is 0.481 e. The van der Waals surface area contributed by atoms with Gasteiger partial charge in [0.15, 0.2) is 6.10 Å². The summed E-state index contributed by atoms with van der Waals surface area (Å²) in [6.07, 6.45) is -0.673. The smallest absolute Gasteiger partial charge is 0.263 e. The second-order valence-electron chi connectivity index (χ2n) is 6.29. The number of hydrogen-bond donors (Lipinski definition) is 0. The average molecular weight is 386 g/mol. The van der Waals surface area contributed by atoms with E-state index in [0.717, 1.165) is 11.1 Å². The second-order valence-corrected chi connectivity index (χ2v) is 6.73. The van der Waals surface area contributed by atoms with Gasteiger partial charge in [0.25, 0.3) is 5.91 Å². The minimum atomic E-state index is -0.673. The maximum Gasteiger partial charge on any atom is 0.263 e. The van der Waals surface area contributed by atoms with E-state index in [1.165, 1.54) is 4.90 Å². The number of aryl methyl sites for hydroxylation is 1. The van der Waals surface area contributed by atoms with Gasteiger partial charge in [-0.1, -0.05) is 46.6 Å². The molecule has 1 amide bonds. The van der Waals surface area contributed by atoms with Crippen LogP contribution in [0.3, 0.4) is 0 Å². The van der Waals surface area contributed by atoms with Gasteiger partial charge in [0.2, 0.25) is 11.7 Å². The summed E-state index contributed by atoms with van der Waals surface area (Å²) in [5.41, 5.74) is 1.98. The lowest BCUT2D eigenvalue weighted by Gasteiger charge is -2.20. The van der Waals surface area contributed by atoms with Crippen LogP contribution in [-0.2, 0) is 11.3 Å². The van der Waals surface area contributed by atoms with E-state index in [1.807, 2.05) is 31.2 Å². The molecular formula is C20H20ClN3O3. The molecule has 1 atom stereocenters. The molecule has 0 bridgehead atoms. The minimum absolute atomic E-state index is 0.195. The molecule has 0 saturated carbocycles. The molecule has 0 aliphatic carbocycles. The first kappa shape index (κ1) is 18.9. The standard InChI is InChI=1S/C20H20ClN3O3/c1-13-6-4-7-15(10-13)19-22-18(27-23-19)12-24(3)20(25)14(2)26-17-9-5-8-16(21)11-17/h4-11,14H,12H2,1-3H3/t14-/m1/s1. The van der Waals surface area contributed by atoms with Crippen molar-refractivity contribution in [3.63, 3.8) is 0 Å². The summed E-state index contributed by atoms with van der Waals surface area (Å²) in [5.74, 6) is 1.19. The van der Waals surface area contributed by atoms with Crippen LogP contribution in [0.4, 0.5) is 0 Å². The number of halogens is 1. The third-order valence-electron chi connectivity index (χ3n) is 3.95. The van der Waals surface area contributed by atoms with Crippen molar-refractivity contribution in [2.75, 3.05) is 7.05 Å². The van der Waals surface area contributed by atoms with Gasteiger partial charge in [-0.15, -0.1) is 0 Å². The monoisotopic (exact) mass is 385 g/mol. The predicted molar refractivity (Wildman–Crippen MR) is 102 cm³/mol. The number of rotatable bonds is 6. The van der Waals surface area contributed by atoms with Gasteiger partial charge in [-0.3, -0.25) is 4.79 Å². The summed E-state index contributed by atoms with van der Waals surface area (Å²) in [4.78, 5) is 18.4. The number of likely N-dealkylation sites (N-methyl/N-ethyl adjacent to an activating group) is 1. The van der Waals surface area contributed by atoms with Crippen molar-refractivity contribution < 1.29 is 14.1 Å². The molecule has 0 unspecified atom stereocenters. The van der Waals surface area contributed by atoms with Crippen LogP contribution in [0, 0.1) is 6.92 Å². The Morgan fingerprint density at radius 1 is 1.26 bits per heavy atom. The van der Waals surface area contributed by atoms with Crippen molar-refractivity contribution in [2.24, 2.45) is 0 Å². The van der Waals surface area contributed by atoms with Crippen LogP contribution in [-0.4, -0.2) is 34.1 Å². The molecule has 7 heteroatoms. The average Bonchev–Trinajstić information content (AvgIpc) is 3.09. The molecule has 140 valence electrons. The van der Waals surface area contributed by atoms with Gasteiger partial charge in [-0.25, -0.2) is 0 Å². The van der Waals surface area contributed by atoms with Crippen molar-refractivity contribution in [1.82, 2.24) is 15.0 Å². The van der Waals surface area contributed by atoms with Gasteiger partial charge in [0, 0.05) is 17.6 Å². The van der Waals surface area contributed by atoms with Crippen LogP contribution in [0.1, 0.15) is 18.4 Å². The van der Waals surface area contributed by atoms with Gasteiger partial charge in [0.1, 0.15) is 5.75 Å². The topological polar surface area (TPSA) is 68.5 Å². The fourth-order valence-corrected chi connectivity index (χ4v) is 2.79. The number of carbonyl (C=O) groups excluding carboxylic acids is 1. The summed E-state index contributed by atoms with van der Waals surface area (Å²) in [6, 6.07) is 14.8. The van der Waals surface area contributed by atoms with E-state index >= 15 is 0 Å². The number of hydrogen-bond acceptors (Lipinski definition) is 5. The number of nitrogens with zero attached hydrogens (tertiary/aromatic N) is 3. The quantitative estimate of drug-likeness (QED) is 0.638.